The fourth-order valence-electron chi connectivity index (χ4n) is 1.89. The number of rotatable bonds is 5. The van der Waals surface area contributed by atoms with Gasteiger partial charge >= 0.3 is 0 Å². The van der Waals surface area contributed by atoms with Gasteiger partial charge in [0.05, 0.1) is 17.1 Å². The summed E-state index contributed by atoms with van der Waals surface area (Å²) in [6.07, 6.45) is 0. The lowest BCUT2D eigenvalue weighted by atomic mass is 10.1. The van der Waals surface area contributed by atoms with E-state index in [9.17, 15) is 9.50 Å². The van der Waals surface area contributed by atoms with Gasteiger partial charge in [0.1, 0.15) is 5.82 Å². The van der Waals surface area contributed by atoms with Crippen LogP contribution in [0.2, 0.25) is 0 Å². The molecule has 0 aliphatic rings. The average molecular weight is 324 g/mol. The zero-order valence-electron chi connectivity index (χ0n) is 10.3. The lowest BCUT2D eigenvalue weighted by molar-refractivity contribution is 0.243. The number of hydrogen-bond donors (Lipinski definition) is 2. The highest BCUT2D eigenvalue weighted by Gasteiger charge is 2.11. The summed E-state index contributed by atoms with van der Waals surface area (Å²) in [7, 11) is 0. The van der Waals surface area contributed by atoms with Crippen LogP contribution in [0.25, 0.3) is 0 Å². The maximum atomic E-state index is 13.4. The van der Waals surface area contributed by atoms with Crippen LogP contribution in [0, 0.1) is 5.82 Å². The second kappa shape index (κ2) is 6.80. The highest BCUT2D eigenvalue weighted by molar-refractivity contribution is 9.10. The largest absolute Gasteiger partial charge is 0.394 e. The first kappa shape index (κ1) is 14.2. The number of aliphatic hydroxyl groups is 1. The Kier molecular flexibility index (Phi) is 5.07. The molecule has 0 radical (unpaired) electrons. The zero-order chi connectivity index (χ0) is 13.7. The van der Waals surface area contributed by atoms with Gasteiger partial charge in [0.25, 0.3) is 0 Å². The van der Waals surface area contributed by atoms with Gasteiger partial charge in [-0.15, -0.1) is 0 Å². The Hall–Kier alpha value is -1.23. The summed E-state index contributed by atoms with van der Waals surface area (Å²) >= 11 is 3.23. The SMILES string of the molecule is OCC(NCc1cccc(F)c1Br)c1ccccc1. The van der Waals surface area contributed by atoms with Crippen molar-refractivity contribution in [2.45, 2.75) is 12.6 Å². The van der Waals surface area contributed by atoms with Crippen molar-refractivity contribution in [1.82, 2.24) is 5.32 Å². The van der Waals surface area contributed by atoms with Crippen LogP contribution in [0.5, 0.6) is 0 Å². The van der Waals surface area contributed by atoms with Crippen molar-refractivity contribution >= 4 is 15.9 Å². The normalized spacial score (nSPS) is 12.4. The summed E-state index contributed by atoms with van der Waals surface area (Å²) in [5.74, 6) is -0.278. The Morgan fingerprint density at radius 1 is 1.11 bits per heavy atom. The second-order valence-corrected chi connectivity index (χ2v) is 5.03. The molecule has 0 fully saturated rings. The number of aliphatic hydroxyl groups excluding tert-OH is 1. The molecule has 0 amide bonds. The number of benzene rings is 2. The molecule has 2 aromatic carbocycles. The van der Waals surface area contributed by atoms with Gasteiger partial charge in [-0.2, -0.15) is 0 Å². The third-order valence-corrected chi connectivity index (χ3v) is 3.84. The van der Waals surface area contributed by atoms with E-state index in [-0.39, 0.29) is 18.5 Å². The number of nitrogens with one attached hydrogen (secondary N) is 1. The molecule has 0 heterocycles. The minimum atomic E-state index is -0.278. The average Bonchev–Trinajstić information content (AvgIpc) is 2.45. The van der Waals surface area contributed by atoms with Crippen LogP contribution in [0.15, 0.2) is 53.0 Å². The van der Waals surface area contributed by atoms with Crippen molar-refractivity contribution in [3.8, 4) is 0 Å². The molecular formula is C15H15BrFNO. The molecule has 0 aliphatic heterocycles. The van der Waals surface area contributed by atoms with Gasteiger partial charge in [0.15, 0.2) is 0 Å². The molecular weight excluding hydrogens is 309 g/mol. The van der Waals surface area contributed by atoms with Crippen molar-refractivity contribution in [3.63, 3.8) is 0 Å². The van der Waals surface area contributed by atoms with E-state index in [0.717, 1.165) is 11.1 Å². The van der Waals surface area contributed by atoms with Crippen molar-refractivity contribution < 1.29 is 9.50 Å². The monoisotopic (exact) mass is 323 g/mol. The van der Waals surface area contributed by atoms with Crippen molar-refractivity contribution in [1.29, 1.82) is 0 Å². The lowest BCUT2D eigenvalue weighted by Gasteiger charge is -2.17. The van der Waals surface area contributed by atoms with Gasteiger partial charge in [-0.3, -0.25) is 0 Å². The third-order valence-electron chi connectivity index (χ3n) is 2.95. The van der Waals surface area contributed by atoms with Crippen LogP contribution < -0.4 is 5.32 Å². The van der Waals surface area contributed by atoms with Crippen LogP contribution in [-0.4, -0.2) is 11.7 Å². The van der Waals surface area contributed by atoms with E-state index in [1.165, 1.54) is 6.07 Å². The van der Waals surface area contributed by atoms with Crippen LogP contribution in [0.1, 0.15) is 17.2 Å². The van der Waals surface area contributed by atoms with E-state index < -0.39 is 0 Å². The van der Waals surface area contributed by atoms with E-state index >= 15 is 0 Å². The second-order valence-electron chi connectivity index (χ2n) is 4.24. The molecule has 2 rings (SSSR count). The third kappa shape index (κ3) is 3.62. The van der Waals surface area contributed by atoms with Crippen LogP contribution in [0.3, 0.4) is 0 Å². The quantitative estimate of drug-likeness (QED) is 0.883. The molecule has 0 bridgehead atoms. The lowest BCUT2D eigenvalue weighted by Crippen LogP contribution is -2.24. The first-order chi connectivity index (χ1) is 9.22. The molecule has 1 atom stereocenters. The maximum absolute atomic E-state index is 13.4. The van der Waals surface area contributed by atoms with Gasteiger partial charge in [-0.1, -0.05) is 42.5 Å². The van der Waals surface area contributed by atoms with E-state index in [2.05, 4.69) is 21.2 Å². The number of hydrogen-bond acceptors (Lipinski definition) is 2. The van der Waals surface area contributed by atoms with Gasteiger partial charge in [-0.05, 0) is 33.1 Å². The van der Waals surface area contributed by atoms with Gasteiger partial charge in [-0.25, -0.2) is 4.39 Å². The molecule has 1 unspecified atom stereocenters. The molecule has 2 N–H and O–H groups in total. The van der Waals surface area contributed by atoms with Gasteiger partial charge in [0, 0.05) is 6.54 Å². The fraction of sp³-hybridized carbons (Fsp3) is 0.200. The van der Waals surface area contributed by atoms with Crippen LogP contribution >= 0.6 is 15.9 Å². The highest BCUT2D eigenvalue weighted by Crippen LogP contribution is 2.21. The summed E-state index contributed by atoms with van der Waals surface area (Å²) in [4.78, 5) is 0. The topological polar surface area (TPSA) is 32.3 Å². The molecule has 2 aromatic rings. The predicted molar refractivity (Wildman–Crippen MR) is 77.2 cm³/mol. The zero-order valence-corrected chi connectivity index (χ0v) is 11.9. The summed E-state index contributed by atoms with van der Waals surface area (Å²) in [5.41, 5.74) is 1.84. The Bertz CT molecular complexity index is 533. The van der Waals surface area contributed by atoms with Gasteiger partial charge in [0.2, 0.25) is 0 Å². The van der Waals surface area contributed by atoms with E-state index in [4.69, 9.17) is 0 Å². The summed E-state index contributed by atoms with van der Waals surface area (Å²) in [6.45, 7) is 0.482. The molecule has 0 aromatic heterocycles. The van der Waals surface area contributed by atoms with Crippen LogP contribution in [0.4, 0.5) is 4.39 Å². The first-order valence-corrected chi connectivity index (χ1v) is 6.83. The molecule has 19 heavy (non-hydrogen) atoms. The predicted octanol–water partition coefficient (Wildman–Crippen LogP) is 3.41. The van der Waals surface area contributed by atoms with Gasteiger partial charge < -0.3 is 10.4 Å². The standard InChI is InChI=1S/C15H15BrFNO/c16-15-12(7-4-8-13(15)17)9-18-14(10-19)11-5-2-1-3-6-11/h1-8,14,18-19H,9-10H2. The minimum absolute atomic E-state index is 0.00303. The molecule has 4 heteroatoms. The first-order valence-electron chi connectivity index (χ1n) is 6.04. The molecule has 0 aliphatic carbocycles. The van der Waals surface area contributed by atoms with E-state index in [0.29, 0.717) is 11.0 Å². The smallest absolute Gasteiger partial charge is 0.137 e. The van der Waals surface area contributed by atoms with Crippen molar-refractivity contribution in [3.05, 3.63) is 69.9 Å². The summed E-state index contributed by atoms with van der Waals surface area (Å²) < 4.78 is 13.8. The Morgan fingerprint density at radius 2 is 1.84 bits per heavy atom. The summed E-state index contributed by atoms with van der Waals surface area (Å²) in [6, 6.07) is 14.5. The molecule has 0 spiro atoms. The Morgan fingerprint density at radius 3 is 2.53 bits per heavy atom. The van der Waals surface area contributed by atoms with E-state index in [1.54, 1.807) is 6.07 Å². The molecule has 0 saturated heterocycles. The molecule has 100 valence electrons. The number of halogens is 2. The molecule has 2 nitrogen and oxygen atoms in total. The van der Waals surface area contributed by atoms with Crippen molar-refractivity contribution in [2.75, 3.05) is 6.61 Å². The Balaban J connectivity index is 2.06. The van der Waals surface area contributed by atoms with Crippen LogP contribution in [-0.2, 0) is 6.54 Å². The highest BCUT2D eigenvalue weighted by atomic mass is 79.9. The summed E-state index contributed by atoms with van der Waals surface area (Å²) in [5, 5.41) is 12.7. The van der Waals surface area contributed by atoms with E-state index in [1.807, 2.05) is 36.4 Å². The van der Waals surface area contributed by atoms with Crippen molar-refractivity contribution in [2.24, 2.45) is 0 Å². The fourth-order valence-corrected chi connectivity index (χ4v) is 2.30. The Labute approximate surface area is 120 Å². The minimum Gasteiger partial charge on any atom is -0.394 e. The maximum Gasteiger partial charge on any atom is 0.137 e. The molecule has 0 saturated carbocycles.